The number of nitrogens with zero attached hydrogens (tertiary/aromatic N) is 1. The Bertz CT molecular complexity index is 436. The lowest BCUT2D eigenvalue weighted by atomic mass is 10.4. The molecule has 0 radical (unpaired) electrons. The van der Waals surface area contributed by atoms with Gasteiger partial charge in [0, 0.05) is 23.3 Å². The molecule has 0 N–H and O–H groups in total. The summed E-state index contributed by atoms with van der Waals surface area (Å²) in [6.45, 7) is 5.11. The molecule has 0 fully saturated rings. The van der Waals surface area contributed by atoms with Crippen LogP contribution in [0.25, 0.3) is 0 Å². The number of halogens is 1. The topological polar surface area (TPSA) is 37.4 Å². The highest BCUT2D eigenvalue weighted by atomic mass is 35.5. The molecule has 0 saturated carbocycles. The zero-order valence-electron chi connectivity index (χ0n) is 10.1. The van der Waals surface area contributed by atoms with Gasteiger partial charge in [0.25, 0.3) is 0 Å². The van der Waals surface area contributed by atoms with Crippen LogP contribution < -0.4 is 0 Å². The van der Waals surface area contributed by atoms with E-state index in [4.69, 9.17) is 11.6 Å². The minimum absolute atomic E-state index is 0.363. The second-order valence-corrected chi connectivity index (χ2v) is 6.99. The number of alkyl halides is 1. The normalized spacial score (nSPS) is 12.2. The monoisotopic (exact) mass is 295 g/mol. The first-order valence-electron chi connectivity index (χ1n) is 5.69. The van der Waals surface area contributed by atoms with Gasteiger partial charge >= 0.3 is 0 Å². The van der Waals surface area contributed by atoms with Crippen molar-refractivity contribution >= 4 is 33.0 Å². The van der Waals surface area contributed by atoms with Crippen molar-refractivity contribution in [3.63, 3.8) is 0 Å². The summed E-state index contributed by atoms with van der Waals surface area (Å²) in [5, 5.41) is 1.67. The van der Waals surface area contributed by atoms with Gasteiger partial charge in [0.2, 0.25) is 10.0 Å². The molecule has 0 unspecified atom stereocenters. The molecular weight excluding hydrogens is 278 g/mol. The number of hydrogen-bond acceptors (Lipinski definition) is 3. The van der Waals surface area contributed by atoms with Gasteiger partial charge in [0.05, 0.1) is 10.8 Å². The van der Waals surface area contributed by atoms with E-state index >= 15 is 0 Å². The van der Waals surface area contributed by atoms with E-state index < -0.39 is 10.0 Å². The van der Waals surface area contributed by atoms with E-state index in [1.165, 1.54) is 11.3 Å². The Morgan fingerprint density at radius 3 is 2.29 bits per heavy atom. The van der Waals surface area contributed by atoms with Gasteiger partial charge in [0.1, 0.15) is 0 Å². The first-order valence-corrected chi connectivity index (χ1v) is 8.55. The maximum atomic E-state index is 12.3. The third-order valence-corrected chi connectivity index (χ3v) is 5.75. The summed E-state index contributed by atoms with van der Waals surface area (Å²) < 4.78 is 26.2. The zero-order valence-corrected chi connectivity index (χ0v) is 12.5. The molecule has 0 amide bonds. The molecular formula is C11H18ClNO2S2. The van der Waals surface area contributed by atoms with E-state index in [2.05, 4.69) is 0 Å². The second kappa shape index (κ2) is 6.73. The number of sulfonamides is 1. The molecule has 6 heteroatoms. The molecule has 3 nitrogen and oxygen atoms in total. The van der Waals surface area contributed by atoms with Gasteiger partial charge in [0.15, 0.2) is 0 Å². The quantitative estimate of drug-likeness (QED) is 0.724. The van der Waals surface area contributed by atoms with Crippen LogP contribution in [0.15, 0.2) is 16.3 Å². The zero-order chi connectivity index (χ0) is 12.9. The van der Waals surface area contributed by atoms with Crippen LogP contribution in [0.3, 0.4) is 0 Å². The molecule has 98 valence electrons. The van der Waals surface area contributed by atoms with Gasteiger partial charge in [-0.15, -0.1) is 22.9 Å². The van der Waals surface area contributed by atoms with Crippen molar-refractivity contribution in [2.45, 2.75) is 37.5 Å². The van der Waals surface area contributed by atoms with Crippen LogP contribution in [0.1, 0.15) is 31.6 Å². The summed E-state index contributed by atoms with van der Waals surface area (Å²) in [6, 6.07) is 1.67. The summed E-state index contributed by atoms with van der Waals surface area (Å²) in [4.78, 5) is 1.26. The Balaban J connectivity index is 2.98. The van der Waals surface area contributed by atoms with E-state index in [1.54, 1.807) is 15.8 Å². The highest BCUT2D eigenvalue weighted by Crippen LogP contribution is 2.24. The molecule has 17 heavy (non-hydrogen) atoms. The molecule has 0 spiro atoms. The Morgan fingerprint density at radius 2 is 1.88 bits per heavy atom. The molecule has 0 saturated heterocycles. The predicted octanol–water partition coefficient (Wildman–Crippen LogP) is 3.30. The van der Waals surface area contributed by atoms with Gasteiger partial charge in [-0.1, -0.05) is 13.8 Å². The Morgan fingerprint density at radius 1 is 1.29 bits per heavy atom. The van der Waals surface area contributed by atoms with Crippen LogP contribution in [0.5, 0.6) is 0 Å². The predicted molar refractivity (Wildman–Crippen MR) is 73.2 cm³/mol. The van der Waals surface area contributed by atoms with Crippen LogP contribution >= 0.6 is 22.9 Å². The molecule has 1 aromatic rings. The van der Waals surface area contributed by atoms with Crippen LogP contribution in [-0.2, 0) is 15.9 Å². The third kappa shape index (κ3) is 3.68. The van der Waals surface area contributed by atoms with Crippen molar-refractivity contribution in [1.82, 2.24) is 4.31 Å². The third-order valence-electron chi connectivity index (χ3n) is 2.35. The van der Waals surface area contributed by atoms with Crippen LogP contribution in [0, 0.1) is 0 Å². The maximum absolute atomic E-state index is 12.3. The maximum Gasteiger partial charge on any atom is 0.243 e. The lowest BCUT2D eigenvalue weighted by molar-refractivity contribution is 0.410. The standard InChI is InChI=1S/C11H18ClNO2S2/c1-3-5-13(6-4-2)17(14,15)11-7-10(8-12)16-9-11/h7,9H,3-6,8H2,1-2H3. The van der Waals surface area contributed by atoms with Gasteiger partial charge in [-0.05, 0) is 18.9 Å². The van der Waals surface area contributed by atoms with E-state index in [9.17, 15) is 8.42 Å². The van der Waals surface area contributed by atoms with E-state index in [-0.39, 0.29) is 0 Å². The molecule has 0 aliphatic rings. The van der Waals surface area contributed by atoms with Gasteiger partial charge in [-0.2, -0.15) is 4.31 Å². The van der Waals surface area contributed by atoms with Crippen LogP contribution in [-0.4, -0.2) is 25.8 Å². The molecule has 1 heterocycles. The Kier molecular flexibility index (Phi) is 5.92. The van der Waals surface area contributed by atoms with Crippen molar-refractivity contribution in [3.8, 4) is 0 Å². The summed E-state index contributed by atoms with van der Waals surface area (Å²) in [5.41, 5.74) is 0. The van der Waals surface area contributed by atoms with Crippen LogP contribution in [0.4, 0.5) is 0 Å². The van der Waals surface area contributed by atoms with E-state index in [0.29, 0.717) is 23.9 Å². The van der Waals surface area contributed by atoms with Crippen molar-refractivity contribution < 1.29 is 8.42 Å². The first kappa shape index (κ1) is 15.0. The summed E-state index contributed by atoms with van der Waals surface area (Å²) >= 11 is 7.09. The highest BCUT2D eigenvalue weighted by Gasteiger charge is 2.23. The van der Waals surface area contributed by atoms with Crippen molar-refractivity contribution in [2.24, 2.45) is 0 Å². The number of thiophene rings is 1. The van der Waals surface area contributed by atoms with Crippen molar-refractivity contribution in [3.05, 3.63) is 16.3 Å². The summed E-state index contributed by atoms with van der Waals surface area (Å²) in [6.07, 6.45) is 1.65. The van der Waals surface area contributed by atoms with Crippen molar-refractivity contribution in [1.29, 1.82) is 0 Å². The fraction of sp³-hybridized carbons (Fsp3) is 0.636. The first-order chi connectivity index (χ1) is 8.06. The second-order valence-electron chi connectivity index (χ2n) is 3.79. The summed E-state index contributed by atoms with van der Waals surface area (Å²) in [5.74, 6) is 0.363. The molecule has 1 aromatic heterocycles. The molecule has 0 aliphatic carbocycles. The van der Waals surface area contributed by atoms with E-state index in [1.807, 2.05) is 13.8 Å². The molecule has 0 atom stereocenters. The SMILES string of the molecule is CCCN(CCC)S(=O)(=O)c1csc(CCl)c1. The fourth-order valence-electron chi connectivity index (χ4n) is 1.57. The lowest BCUT2D eigenvalue weighted by Crippen LogP contribution is -2.32. The number of rotatable bonds is 7. The largest absolute Gasteiger partial charge is 0.243 e. The molecule has 0 aromatic carbocycles. The van der Waals surface area contributed by atoms with Gasteiger partial charge in [-0.25, -0.2) is 8.42 Å². The minimum atomic E-state index is -3.33. The minimum Gasteiger partial charge on any atom is -0.207 e. The van der Waals surface area contributed by atoms with Gasteiger partial charge in [-0.3, -0.25) is 0 Å². The summed E-state index contributed by atoms with van der Waals surface area (Å²) in [7, 11) is -3.33. The average molecular weight is 296 g/mol. The highest BCUT2D eigenvalue weighted by molar-refractivity contribution is 7.89. The van der Waals surface area contributed by atoms with Crippen molar-refractivity contribution in [2.75, 3.05) is 13.1 Å². The Labute approximate surface area is 112 Å². The average Bonchev–Trinajstić information content (AvgIpc) is 2.78. The van der Waals surface area contributed by atoms with E-state index in [0.717, 1.165) is 17.7 Å². The number of hydrogen-bond donors (Lipinski definition) is 0. The smallest absolute Gasteiger partial charge is 0.207 e. The lowest BCUT2D eigenvalue weighted by Gasteiger charge is -2.20. The van der Waals surface area contributed by atoms with Gasteiger partial charge < -0.3 is 0 Å². The van der Waals surface area contributed by atoms with Crippen LogP contribution in [0.2, 0.25) is 0 Å². The molecule has 0 bridgehead atoms. The molecule has 0 aliphatic heterocycles. The Hall–Kier alpha value is -0.100. The fourth-order valence-corrected chi connectivity index (χ4v) is 4.57. The molecule has 1 rings (SSSR count).